The summed E-state index contributed by atoms with van der Waals surface area (Å²) in [5.41, 5.74) is 2.41. The van der Waals surface area contributed by atoms with Crippen molar-refractivity contribution in [3.05, 3.63) is 78.4 Å². The van der Waals surface area contributed by atoms with Crippen LogP contribution in [-0.4, -0.2) is 0 Å². The lowest BCUT2D eigenvalue weighted by atomic mass is 10.1. The van der Waals surface area contributed by atoms with Crippen LogP contribution in [0.3, 0.4) is 0 Å². The molecule has 1 heteroatoms. The fraction of sp³-hybridized carbons (Fsp3) is 0.111. The number of ether oxygens (including phenoxy) is 1. The molecule has 0 aliphatic heterocycles. The molecular formula is C18H18O. The number of para-hydroxylation sites is 1. The van der Waals surface area contributed by atoms with Crippen LogP contribution < -0.4 is 4.74 Å². The van der Waals surface area contributed by atoms with Gasteiger partial charge in [0.25, 0.3) is 0 Å². The van der Waals surface area contributed by atoms with E-state index in [1.54, 1.807) is 0 Å². The maximum atomic E-state index is 5.77. The summed E-state index contributed by atoms with van der Waals surface area (Å²) in [5, 5.41) is 0. The topological polar surface area (TPSA) is 9.23 Å². The van der Waals surface area contributed by atoms with Crippen LogP contribution in [0.15, 0.2) is 72.8 Å². The van der Waals surface area contributed by atoms with E-state index in [1.165, 1.54) is 11.1 Å². The Balaban J connectivity index is 2.15. The molecule has 0 aliphatic carbocycles. The van der Waals surface area contributed by atoms with Crippen molar-refractivity contribution >= 4 is 5.57 Å². The fourth-order valence-corrected chi connectivity index (χ4v) is 1.88. The van der Waals surface area contributed by atoms with Gasteiger partial charge < -0.3 is 4.74 Å². The van der Waals surface area contributed by atoms with Crippen molar-refractivity contribution < 1.29 is 4.74 Å². The molecule has 0 aliphatic rings. The van der Waals surface area contributed by atoms with E-state index in [0.717, 1.165) is 11.5 Å². The lowest BCUT2D eigenvalue weighted by molar-refractivity contribution is 0.482. The van der Waals surface area contributed by atoms with Gasteiger partial charge in [-0.3, -0.25) is 0 Å². The van der Waals surface area contributed by atoms with E-state index >= 15 is 0 Å². The zero-order chi connectivity index (χ0) is 13.5. The lowest BCUT2D eigenvalue weighted by Crippen LogP contribution is -1.85. The Kier molecular flexibility index (Phi) is 4.57. The molecule has 19 heavy (non-hydrogen) atoms. The Morgan fingerprint density at radius 1 is 0.842 bits per heavy atom. The van der Waals surface area contributed by atoms with Crippen LogP contribution in [0, 0.1) is 0 Å². The molecule has 0 radical (unpaired) electrons. The van der Waals surface area contributed by atoms with Crippen molar-refractivity contribution in [2.45, 2.75) is 13.8 Å². The first kappa shape index (κ1) is 13.2. The minimum Gasteiger partial charge on any atom is -0.457 e. The third-order valence-corrected chi connectivity index (χ3v) is 2.82. The van der Waals surface area contributed by atoms with E-state index in [2.05, 4.69) is 24.3 Å². The molecule has 0 unspecified atom stereocenters. The average molecular weight is 250 g/mol. The Morgan fingerprint density at radius 2 is 1.47 bits per heavy atom. The molecule has 2 aromatic carbocycles. The molecule has 96 valence electrons. The number of allylic oxidation sites excluding steroid dienone is 4. The zero-order valence-electron chi connectivity index (χ0n) is 11.3. The van der Waals surface area contributed by atoms with E-state index in [9.17, 15) is 0 Å². The molecule has 2 rings (SSSR count). The van der Waals surface area contributed by atoms with E-state index < -0.39 is 0 Å². The predicted molar refractivity (Wildman–Crippen MR) is 81.4 cm³/mol. The highest BCUT2D eigenvalue weighted by molar-refractivity contribution is 5.73. The van der Waals surface area contributed by atoms with E-state index in [-0.39, 0.29) is 0 Å². The molecule has 0 aromatic heterocycles. The van der Waals surface area contributed by atoms with Gasteiger partial charge in [-0.2, -0.15) is 0 Å². The summed E-state index contributed by atoms with van der Waals surface area (Å²) in [7, 11) is 0. The van der Waals surface area contributed by atoms with Crippen LogP contribution in [0.25, 0.3) is 5.57 Å². The molecule has 0 spiro atoms. The van der Waals surface area contributed by atoms with Gasteiger partial charge in [0.05, 0.1) is 0 Å². The third-order valence-electron chi connectivity index (χ3n) is 2.82. The van der Waals surface area contributed by atoms with Gasteiger partial charge in [0.1, 0.15) is 11.5 Å². The summed E-state index contributed by atoms with van der Waals surface area (Å²) in [4.78, 5) is 0. The summed E-state index contributed by atoms with van der Waals surface area (Å²) in [6.45, 7) is 4.07. The summed E-state index contributed by atoms with van der Waals surface area (Å²) in [6.07, 6.45) is 6.25. The van der Waals surface area contributed by atoms with Crippen molar-refractivity contribution in [1.82, 2.24) is 0 Å². The van der Waals surface area contributed by atoms with Crippen LogP contribution in [-0.2, 0) is 0 Å². The fourth-order valence-electron chi connectivity index (χ4n) is 1.88. The summed E-state index contributed by atoms with van der Waals surface area (Å²) in [6, 6.07) is 18.0. The molecule has 2 aromatic rings. The molecule has 0 saturated carbocycles. The van der Waals surface area contributed by atoms with Gasteiger partial charge in [-0.1, -0.05) is 48.6 Å². The van der Waals surface area contributed by atoms with E-state index in [1.807, 2.05) is 62.4 Å². The van der Waals surface area contributed by atoms with Gasteiger partial charge in [0.2, 0.25) is 0 Å². The molecule has 0 N–H and O–H groups in total. The Morgan fingerprint density at radius 3 is 2.05 bits per heavy atom. The zero-order valence-corrected chi connectivity index (χ0v) is 11.3. The Bertz CT molecular complexity index is 562. The second-order valence-electron chi connectivity index (χ2n) is 4.18. The van der Waals surface area contributed by atoms with Crippen molar-refractivity contribution in [3.63, 3.8) is 0 Å². The molecule has 0 atom stereocenters. The molecule has 0 bridgehead atoms. The van der Waals surface area contributed by atoms with Crippen LogP contribution in [0.4, 0.5) is 0 Å². The van der Waals surface area contributed by atoms with Gasteiger partial charge in [0, 0.05) is 0 Å². The normalized spacial score (nSPS) is 11.8. The molecular weight excluding hydrogens is 232 g/mol. The first-order valence-electron chi connectivity index (χ1n) is 6.46. The van der Waals surface area contributed by atoms with Crippen molar-refractivity contribution in [2.75, 3.05) is 0 Å². The summed E-state index contributed by atoms with van der Waals surface area (Å²) < 4.78 is 5.77. The number of rotatable bonds is 4. The maximum absolute atomic E-state index is 5.77. The molecule has 1 nitrogen and oxygen atoms in total. The third kappa shape index (κ3) is 3.59. The Labute approximate surface area is 114 Å². The maximum Gasteiger partial charge on any atom is 0.127 e. The van der Waals surface area contributed by atoms with Gasteiger partial charge in [-0.05, 0) is 49.2 Å². The highest BCUT2D eigenvalue weighted by atomic mass is 16.5. The quantitative estimate of drug-likeness (QED) is 0.655. The van der Waals surface area contributed by atoms with Gasteiger partial charge in [-0.25, -0.2) is 0 Å². The van der Waals surface area contributed by atoms with Gasteiger partial charge in [0.15, 0.2) is 0 Å². The van der Waals surface area contributed by atoms with E-state index in [0.29, 0.717) is 0 Å². The van der Waals surface area contributed by atoms with Gasteiger partial charge in [-0.15, -0.1) is 0 Å². The predicted octanol–water partition coefficient (Wildman–Crippen LogP) is 5.46. The first-order valence-corrected chi connectivity index (χ1v) is 6.46. The first-order chi connectivity index (χ1) is 9.33. The van der Waals surface area contributed by atoms with Crippen LogP contribution >= 0.6 is 0 Å². The second-order valence-corrected chi connectivity index (χ2v) is 4.18. The monoisotopic (exact) mass is 250 g/mol. The molecule has 0 saturated heterocycles. The van der Waals surface area contributed by atoms with Gasteiger partial charge >= 0.3 is 0 Å². The van der Waals surface area contributed by atoms with Crippen LogP contribution in [0.5, 0.6) is 11.5 Å². The molecule has 0 heterocycles. The van der Waals surface area contributed by atoms with Crippen LogP contribution in [0.1, 0.15) is 19.4 Å². The highest BCUT2D eigenvalue weighted by Gasteiger charge is 1.99. The standard InChI is InChI=1S/C18H18O/c1-3-8-15(4-2)16-11-13-18(14-12-16)19-17-9-6-5-7-10-17/h3-14H,1-2H3. The van der Waals surface area contributed by atoms with Crippen molar-refractivity contribution in [2.24, 2.45) is 0 Å². The summed E-state index contributed by atoms with van der Waals surface area (Å²) in [5.74, 6) is 1.71. The highest BCUT2D eigenvalue weighted by Crippen LogP contribution is 2.24. The Hall–Kier alpha value is -2.28. The molecule has 0 amide bonds. The summed E-state index contributed by atoms with van der Waals surface area (Å²) >= 11 is 0. The smallest absolute Gasteiger partial charge is 0.127 e. The van der Waals surface area contributed by atoms with Crippen molar-refractivity contribution in [1.29, 1.82) is 0 Å². The van der Waals surface area contributed by atoms with E-state index in [4.69, 9.17) is 4.74 Å². The number of hydrogen-bond acceptors (Lipinski definition) is 1. The second kappa shape index (κ2) is 6.60. The van der Waals surface area contributed by atoms with Crippen molar-refractivity contribution in [3.8, 4) is 11.5 Å². The van der Waals surface area contributed by atoms with Crippen LogP contribution in [0.2, 0.25) is 0 Å². The lowest BCUT2D eigenvalue weighted by Gasteiger charge is -2.07. The average Bonchev–Trinajstić information content (AvgIpc) is 2.47. The largest absolute Gasteiger partial charge is 0.457 e. The SMILES string of the molecule is CC=CC(=CC)c1ccc(Oc2ccccc2)cc1. The minimum atomic E-state index is 0.853. The number of benzene rings is 2. The number of hydrogen-bond donors (Lipinski definition) is 0. The minimum absolute atomic E-state index is 0.853. The molecule has 0 fully saturated rings.